The predicted molar refractivity (Wildman–Crippen MR) is 75.0 cm³/mol. The molecule has 0 aromatic carbocycles. The van der Waals surface area contributed by atoms with E-state index in [-0.39, 0.29) is 18.7 Å². The maximum Gasteiger partial charge on any atom is 0.318 e. The van der Waals surface area contributed by atoms with Crippen LogP contribution in [0.25, 0.3) is 0 Å². The topological polar surface area (TPSA) is 55.8 Å². The maximum atomic E-state index is 12.2. The third-order valence-corrected chi connectivity index (χ3v) is 4.17. The molecule has 108 valence electrons. The summed E-state index contributed by atoms with van der Waals surface area (Å²) in [5.74, 6) is 0. The highest BCUT2D eigenvalue weighted by Crippen LogP contribution is 2.27. The molecule has 2 aliphatic heterocycles. The summed E-state index contributed by atoms with van der Waals surface area (Å²) in [7, 11) is 0. The van der Waals surface area contributed by atoms with Crippen LogP contribution in [0.4, 0.5) is 4.79 Å². The van der Waals surface area contributed by atoms with Gasteiger partial charge in [-0.3, -0.25) is 4.90 Å². The van der Waals surface area contributed by atoms with Crippen LogP contribution in [0.2, 0.25) is 0 Å². The minimum absolute atomic E-state index is 0.0124. The van der Waals surface area contributed by atoms with Gasteiger partial charge in [0.25, 0.3) is 0 Å². The average Bonchev–Trinajstić information content (AvgIpc) is 2.82. The van der Waals surface area contributed by atoms with Crippen LogP contribution in [0.5, 0.6) is 0 Å². The summed E-state index contributed by atoms with van der Waals surface area (Å²) in [5.41, 5.74) is 0. The molecule has 0 spiro atoms. The molecule has 0 aromatic heterocycles. The van der Waals surface area contributed by atoms with E-state index in [1.165, 1.54) is 25.8 Å². The first kappa shape index (κ1) is 14.3. The lowest BCUT2D eigenvalue weighted by Crippen LogP contribution is -2.51. The molecule has 2 saturated heterocycles. The zero-order valence-electron chi connectivity index (χ0n) is 11.6. The van der Waals surface area contributed by atoms with Crippen LogP contribution in [-0.4, -0.2) is 65.8 Å². The van der Waals surface area contributed by atoms with Gasteiger partial charge in [0.15, 0.2) is 0 Å². The largest absolute Gasteiger partial charge is 0.395 e. The number of fused-ring (bicyclic) bond motifs is 1. The van der Waals surface area contributed by atoms with Gasteiger partial charge in [-0.25, -0.2) is 4.79 Å². The molecule has 2 atom stereocenters. The van der Waals surface area contributed by atoms with Crippen LogP contribution in [0.1, 0.15) is 25.7 Å². The van der Waals surface area contributed by atoms with Crippen molar-refractivity contribution in [2.45, 2.75) is 37.8 Å². The number of urea groups is 1. The van der Waals surface area contributed by atoms with Gasteiger partial charge in [-0.2, -0.15) is 0 Å². The second-order valence-corrected chi connectivity index (χ2v) is 5.40. The molecule has 2 rings (SSSR count). The predicted octanol–water partition coefficient (Wildman–Crippen LogP) is 0.803. The highest BCUT2D eigenvalue weighted by molar-refractivity contribution is 5.74. The van der Waals surface area contributed by atoms with Gasteiger partial charge >= 0.3 is 6.03 Å². The van der Waals surface area contributed by atoms with E-state index >= 15 is 0 Å². The SMILES string of the molecule is C=CCN(CCO)C(=O)NC1CCN2CCCCC12. The Morgan fingerprint density at radius 2 is 2.26 bits per heavy atom. The molecule has 2 fully saturated rings. The molecule has 0 radical (unpaired) electrons. The van der Waals surface area contributed by atoms with Gasteiger partial charge in [0.05, 0.1) is 6.61 Å². The summed E-state index contributed by atoms with van der Waals surface area (Å²) in [6.07, 6.45) is 6.46. The van der Waals surface area contributed by atoms with Gasteiger partial charge in [0.2, 0.25) is 0 Å². The second kappa shape index (κ2) is 6.91. The van der Waals surface area contributed by atoms with Crippen LogP contribution in [0.15, 0.2) is 12.7 Å². The van der Waals surface area contributed by atoms with Crippen molar-refractivity contribution < 1.29 is 9.90 Å². The number of amides is 2. The second-order valence-electron chi connectivity index (χ2n) is 5.40. The smallest absolute Gasteiger partial charge is 0.318 e. The van der Waals surface area contributed by atoms with Gasteiger partial charge in [0.1, 0.15) is 0 Å². The number of hydrogen-bond acceptors (Lipinski definition) is 3. The fourth-order valence-electron chi connectivity index (χ4n) is 3.22. The number of aliphatic hydroxyl groups is 1. The summed E-state index contributed by atoms with van der Waals surface area (Å²) in [6.45, 7) is 6.74. The van der Waals surface area contributed by atoms with E-state index < -0.39 is 0 Å². The molecular weight excluding hydrogens is 242 g/mol. The van der Waals surface area contributed by atoms with E-state index in [2.05, 4.69) is 16.8 Å². The van der Waals surface area contributed by atoms with E-state index in [1.54, 1.807) is 11.0 Å². The Hall–Kier alpha value is -1.07. The highest BCUT2D eigenvalue weighted by atomic mass is 16.3. The lowest BCUT2D eigenvalue weighted by atomic mass is 9.99. The van der Waals surface area contributed by atoms with Crippen LogP contribution in [-0.2, 0) is 0 Å². The minimum atomic E-state index is -0.0774. The minimum Gasteiger partial charge on any atom is -0.395 e. The number of nitrogens with one attached hydrogen (secondary N) is 1. The summed E-state index contributed by atoms with van der Waals surface area (Å²) < 4.78 is 0. The summed E-state index contributed by atoms with van der Waals surface area (Å²) in [6, 6.07) is 0.697. The average molecular weight is 267 g/mol. The van der Waals surface area contributed by atoms with Gasteiger partial charge in [-0.15, -0.1) is 6.58 Å². The molecule has 5 nitrogen and oxygen atoms in total. The number of carbonyl (C=O) groups is 1. The monoisotopic (exact) mass is 267 g/mol. The highest BCUT2D eigenvalue weighted by Gasteiger charge is 2.36. The fourth-order valence-corrected chi connectivity index (χ4v) is 3.22. The third-order valence-electron chi connectivity index (χ3n) is 4.17. The molecule has 2 N–H and O–H groups in total. The molecule has 2 heterocycles. The molecule has 0 aliphatic carbocycles. The Labute approximate surface area is 115 Å². The van der Waals surface area contributed by atoms with Gasteiger partial charge in [-0.05, 0) is 25.8 Å². The summed E-state index contributed by atoms with van der Waals surface area (Å²) in [5, 5.41) is 12.1. The number of hydrogen-bond donors (Lipinski definition) is 2. The van der Waals surface area contributed by atoms with Crippen molar-refractivity contribution in [3.05, 3.63) is 12.7 Å². The van der Waals surface area contributed by atoms with E-state index in [4.69, 9.17) is 5.11 Å². The number of aliphatic hydroxyl groups excluding tert-OH is 1. The lowest BCUT2D eigenvalue weighted by molar-refractivity contribution is 0.162. The van der Waals surface area contributed by atoms with Gasteiger partial charge < -0.3 is 15.3 Å². The molecule has 2 unspecified atom stereocenters. The fraction of sp³-hybridized carbons (Fsp3) is 0.786. The van der Waals surface area contributed by atoms with Crippen molar-refractivity contribution in [3.63, 3.8) is 0 Å². The number of rotatable bonds is 5. The molecule has 0 saturated carbocycles. The van der Waals surface area contributed by atoms with Crippen LogP contribution < -0.4 is 5.32 Å². The van der Waals surface area contributed by atoms with Crippen molar-refractivity contribution >= 4 is 6.03 Å². The van der Waals surface area contributed by atoms with E-state index in [1.807, 2.05) is 0 Å². The lowest BCUT2D eigenvalue weighted by Gasteiger charge is -2.33. The Morgan fingerprint density at radius 1 is 1.42 bits per heavy atom. The Kier molecular flexibility index (Phi) is 5.22. The Bertz CT molecular complexity index is 322. The van der Waals surface area contributed by atoms with Crippen molar-refractivity contribution in [3.8, 4) is 0 Å². The van der Waals surface area contributed by atoms with Gasteiger partial charge in [0, 0.05) is 31.7 Å². The number of nitrogens with zero attached hydrogens (tertiary/aromatic N) is 2. The van der Waals surface area contributed by atoms with E-state index in [0.29, 0.717) is 19.1 Å². The summed E-state index contributed by atoms with van der Waals surface area (Å²) in [4.78, 5) is 16.3. The molecule has 2 amide bonds. The third kappa shape index (κ3) is 3.48. The first-order valence-electron chi connectivity index (χ1n) is 7.27. The van der Waals surface area contributed by atoms with Crippen molar-refractivity contribution in [2.24, 2.45) is 0 Å². The molecule has 0 aromatic rings. The van der Waals surface area contributed by atoms with Crippen molar-refractivity contribution in [2.75, 3.05) is 32.8 Å². The van der Waals surface area contributed by atoms with Crippen LogP contribution >= 0.6 is 0 Å². The Balaban J connectivity index is 1.88. The number of carbonyl (C=O) groups excluding carboxylic acids is 1. The first-order chi connectivity index (χ1) is 9.26. The van der Waals surface area contributed by atoms with Gasteiger partial charge in [-0.1, -0.05) is 12.5 Å². The summed E-state index contributed by atoms with van der Waals surface area (Å²) >= 11 is 0. The first-order valence-corrected chi connectivity index (χ1v) is 7.27. The molecule has 2 aliphatic rings. The standard InChI is InChI=1S/C14H25N3O2/c1-2-7-17(10-11-18)14(19)15-12-6-9-16-8-4-3-5-13(12)16/h2,12-13,18H,1,3-11H2,(H,15,19). The molecule has 5 heteroatoms. The molecule has 0 bridgehead atoms. The normalized spacial score (nSPS) is 26.8. The zero-order valence-corrected chi connectivity index (χ0v) is 11.6. The number of piperidine rings is 1. The van der Waals surface area contributed by atoms with Crippen molar-refractivity contribution in [1.82, 2.24) is 15.1 Å². The van der Waals surface area contributed by atoms with Crippen molar-refractivity contribution in [1.29, 1.82) is 0 Å². The Morgan fingerprint density at radius 3 is 3.00 bits per heavy atom. The van der Waals surface area contributed by atoms with Crippen LogP contribution in [0, 0.1) is 0 Å². The molecular formula is C14H25N3O2. The van der Waals surface area contributed by atoms with Crippen LogP contribution in [0.3, 0.4) is 0 Å². The quantitative estimate of drug-likeness (QED) is 0.725. The zero-order chi connectivity index (χ0) is 13.7. The molecule has 19 heavy (non-hydrogen) atoms. The van der Waals surface area contributed by atoms with E-state index in [9.17, 15) is 4.79 Å². The maximum absolute atomic E-state index is 12.2. The van der Waals surface area contributed by atoms with E-state index in [0.717, 1.165) is 13.0 Å².